The van der Waals surface area contributed by atoms with Crippen LogP contribution in [0.5, 0.6) is 0 Å². The van der Waals surface area contributed by atoms with Crippen molar-refractivity contribution < 1.29 is 14.1 Å². The Kier molecular flexibility index (Phi) is 4.52. The Balaban J connectivity index is 1.39. The van der Waals surface area contributed by atoms with Gasteiger partial charge in [0.1, 0.15) is 11.5 Å². The second-order valence-electron chi connectivity index (χ2n) is 7.82. The van der Waals surface area contributed by atoms with Crippen molar-refractivity contribution in [1.82, 2.24) is 15.0 Å². The Hall–Kier alpha value is -1.85. The minimum absolute atomic E-state index is 0.0569. The van der Waals surface area contributed by atoms with Crippen LogP contribution >= 0.6 is 0 Å². The third kappa shape index (κ3) is 3.18. The van der Waals surface area contributed by atoms with Gasteiger partial charge in [-0.3, -0.25) is 9.59 Å². The number of likely N-dealkylation sites (tertiary alicyclic amines) is 1. The zero-order valence-corrected chi connectivity index (χ0v) is 15.0. The van der Waals surface area contributed by atoms with Gasteiger partial charge in [0.2, 0.25) is 11.8 Å². The second kappa shape index (κ2) is 6.81. The molecule has 3 aliphatic rings. The van der Waals surface area contributed by atoms with Gasteiger partial charge in [-0.05, 0) is 32.1 Å². The Morgan fingerprint density at radius 2 is 2.00 bits per heavy atom. The lowest BCUT2D eigenvalue weighted by atomic mass is 9.96. The number of aryl methyl sites for hydroxylation is 1. The first-order valence-electron chi connectivity index (χ1n) is 9.64. The third-order valence-corrected chi connectivity index (χ3v) is 6.07. The largest absolute Gasteiger partial charge is 0.361 e. The molecule has 1 aromatic heterocycles. The number of carbonyl (C=O) groups is 2. The molecule has 1 aliphatic heterocycles. The molecule has 6 nitrogen and oxygen atoms in total. The molecule has 2 heterocycles. The van der Waals surface area contributed by atoms with Crippen molar-refractivity contribution in [2.45, 2.75) is 70.4 Å². The third-order valence-electron chi connectivity index (χ3n) is 6.07. The number of amides is 2. The van der Waals surface area contributed by atoms with Crippen molar-refractivity contribution in [2.75, 3.05) is 13.6 Å². The van der Waals surface area contributed by atoms with Crippen LogP contribution in [0.1, 0.15) is 62.0 Å². The van der Waals surface area contributed by atoms with Gasteiger partial charge in [0, 0.05) is 38.0 Å². The van der Waals surface area contributed by atoms with E-state index in [0.29, 0.717) is 25.6 Å². The molecular weight excluding hydrogens is 318 g/mol. The number of aromatic nitrogens is 1. The highest BCUT2D eigenvalue weighted by Gasteiger charge is 2.39. The minimum Gasteiger partial charge on any atom is -0.361 e. The molecule has 4 rings (SSSR count). The van der Waals surface area contributed by atoms with Crippen LogP contribution in [0.25, 0.3) is 0 Å². The fraction of sp³-hybridized carbons (Fsp3) is 0.737. The van der Waals surface area contributed by atoms with E-state index in [2.05, 4.69) is 5.16 Å². The molecule has 0 bridgehead atoms. The number of fused-ring (bicyclic) bond motifs is 1. The Morgan fingerprint density at radius 3 is 2.80 bits per heavy atom. The van der Waals surface area contributed by atoms with Crippen LogP contribution in [0.2, 0.25) is 0 Å². The zero-order valence-electron chi connectivity index (χ0n) is 15.0. The summed E-state index contributed by atoms with van der Waals surface area (Å²) in [6.45, 7) is 1.06. The first-order valence-corrected chi connectivity index (χ1v) is 9.64. The van der Waals surface area contributed by atoms with Gasteiger partial charge in [-0.15, -0.1) is 0 Å². The molecule has 0 N–H and O–H groups in total. The molecule has 0 aromatic carbocycles. The molecule has 0 spiro atoms. The number of hydrogen-bond donors (Lipinski definition) is 0. The summed E-state index contributed by atoms with van der Waals surface area (Å²) in [6, 6.07) is 0.359. The summed E-state index contributed by atoms with van der Waals surface area (Å²) in [5.74, 6) is 0.991. The smallest absolute Gasteiger partial charge is 0.228 e. The molecule has 1 aromatic rings. The molecule has 2 amide bonds. The summed E-state index contributed by atoms with van der Waals surface area (Å²) < 4.78 is 5.44. The quantitative estimate of drug-likeness (QED) is 0.840. The number of nitrogens with zero attached hydrogens (tertiary/aromatic N) is 3. The zero-order chi connectivity index (χ0) is 17.4. The maximum atomic E-state index is 12.8. The van der Waals surface area contributed by atoms with Crippen molar-refractivity contribution in [2.24, 2.45) is 5.92 Å². The summed E-state index contributed by atoms with van der Waals surface area (Å²) in [5.41, 5.74) is 2.09. The van der Waals surface area contributed by atoms with Gasteiger partial charge >= 0.3 is 0 Å². The summed E-state index contributed by atoms with van der Waals surface area (Å²) >= 11 is 0. The average molecular weight is 345 g/mol. The maximum Gasteiger partial charge on any atom is 0.228 e. The van der Waals surface area contributed by atoms with E-state index in [4.69, 9.17) is 4.52 Å². The normalized spacial score (nSPS) is 24.0. The summed E-state index contributed by atoms with van der Waals surface area (Å²) in [6.07, 6.45) is 9.19. The Morgan fingerprint density at radius 1 is 1.24 bits per heavy atom. The number of carbonyl (C=O) groups excluding carboxylic acids is 2. The van der Waals surface area contributed by atoms with Crippen molar-refractivity contribution in [1.29, 1.82) is 0 Å². The van der Waals surface area contributed by atoms with Crippen molar-refractivity contribution >= 4 is 11.8 Å². The molecule has 1 saturated carbocycles. The molecule has 0 radical (unpaired) electrons. The Labute approximate surface area is 148 Å². The van der Waals surface area contributed by atoms with E-state index in [9.17, 15) is 9.59 Å². The van der Waals surface area contributed by atoms with Gasteiger partial charge in [-0.1, -0.05) is 18.0 Å². The van der Waals surface area contributed by atoms with Crippen LogP contribution in [-0.2, 0) is 29.0 Å². The van der Waals surface area contributed by atoms with E-state index in [1.165, 1.54) is 18.4 Å². The molecule has 6 heteroatoms. The van der Waals surface area contributed by atoms with Gasteiger partial charge < -0.3 is 14.3 Å². The van der Waals surface area contributed by atoms with E-state index >= 15 is 0 Å². The van der Waals surface area contributed by atoms with Crippen molar-refractivity contribution in [3.8, 4) is 0 Å². The lowest BCUT2D eigenvalue weighted by Crippen LogP contribution is -2.37. The lowest BCUT2D eigenvalue weighted by Gasteiger charge is -2.25. The highest BCUT2D eigenvalue weighted by atomic mass is 16.5. The second-order valence-corrected chi connectivity index (χ2v) is 7.82. The fourth-order valence-corrected chi connectivity index (χ4v) is 4.65. The summed E-state index contributed by atoms with van der Waals surface area (Å²) in [4.78, 5) is 28.9. The molecule has 25 heavy (non-hydrogen) atoms. The van der Waals surface area contributed by atoms with Gasteiger partial charge in [-0.25, -0.2) is 0 Å². The van der Waals surface area contributed by atoms with Crippen LogP contribution in [0.4, 0.5) is 0 Å². The maximum absolute atomic E-state index is 12.8. The van der Waals surface area contributed by atoms with Crippen LogP contribution in [-0.4, -0.2) is 46.4 Å². The lowest BCUT2D eigenvalue weighted by molar-refractivity contribution is -0.135. The van der Waals surface area contributed by atoms with Gasteiger partial charge in [0.05, 0.1) is 12.5 Å². The van der Waals surface area contributed by atoms with Crippen LogP contribution in [0, 0.1) is 5.92 Å². The highest BCUT2D eigenvalue weighted by Crippen LogP contribution is 2.30. The Bertz CT molecular complexity index is 663. The molecule has 2 fully saturated rings. The first kappa shape index (κ1) is 16.6. The molecule has 1 atom stereocenters. The fourth-order valence-electron chi connectivity index (χ4n) is 4.65. The van der Waals surface area contributed by atoms with Crippen molar-refractivity contribution in [3.63, 3.8) is 0 Å². The molecule has 1 saturated heterocycles. The topological polar surface area (TPSA) is 66.7 Å². The van der Waals surface area contributed by atoms with E-state index in [-0.39, 0.29) is 17.7 Å². The first-order chi connectivity index (χ1) is 12.1. The van der Waals surface area contributed by atoms with E-state index in [0.717, 1.165) is 50.0 Å². The van der Waals surface area contributed by atoms with Crippen LogP contribution < -0.4 is 0 Å². The average Bonchev–Trinajstić information content (AvgIpc) is 3.34. The summed E-state index contributed by atoms with van der Waals surface area (Å²) in [5, 5.41) is 4.19. The van der Waals surface area contributed by atoms with Gasteiger partial charge in [0.25, 0.3) is 0 Å². The standard InChI is InChI=1S/C19H27N3O3/c1-21(12-16-15-8-4-5-9-17(15)25-20-16)19(24)13-10-18(23)22(11-13)14-6-2-3-7-14/h13-14H,2-12H2,1H3/t13-/m0/s1. The molecule has 136 valence electrons. The van der Waals surface area contributed by atoms with Crippen LogP contribution in [0.15, 0.2) is 4.52 Å². The molecule has 0 unspecified atom stereocenters. The van der Waals surface area contributed by atoms with E-state index in [1.807, 2.05) is 11.9 Å². The minimum atomic E-state index is -0.208. The van der Waals surface area contributed by atoms with Gasteiger partial charge in [0.15, 0.2) is 0 Å². The van der Waals surface area contributed by atoms with Gasteiger partial charge in [-0.2, -0.15) is 0 Å². The number of rotatable bonds is 4. The predicted octanol–water partition coefficient (Wildman–Crippen LogP) is 2.30. The summed E-state index contributed by atoms with van der Waals surface area (Å²) in [7, 11) is 1.81. The highest BCUT2D eigenvalue weighted by molar-refractivity contribution is 5.89. The van der Waals surface area contributed by atoms with E-state index < -0.39 is 0 Å². The van der Waals surface area contributed by atoms with Crippen molar-refractivity contribution in [3.05, 3.63) is 17.0 Å². The molecular formula is C19H27N3O3. The van der Waals surface area contributed by atoms with Crippen LogP contribution in [0.3, 0.4) is 0 Å². The monoisotopic (exact) mass is 345 g/mol. The predicted molar refractivity (Wildman–Crippen MR) is 91.7 cm³/mol. The van der Waals surface area contributed by atoms with E-state index in [1.54, 1.807) is 4.90 Å². The SMILES string of the molecule is CN(Cc1noc2c1CCCC2)C(=O)[C@H]1CC(=O)N(C2CCCC2)C1. The molecule has 2 aliphatic carbocycles. The number of hydrogen-bond acceptors (Lipinski definition) is 4.